The lowest BCUT2D eigenvalue weighted by molar-refractivity contribution is -0.122. The number of carbonyl (C=O) groups excluding carboxylic acids is 1. The Morgan fingerprint density at radius 3 is 2.75 bits per heavy atom. The number of hydrogen-bond donors (Lipinski definition) is 2. The monoisotopic (exact) mass is 320 g/mol. The molecule has 110 valence electrons. The highest BCUT2D eigenvalue weighted by molar-refractivity contribution is 7.89. The molecule has 0 aliphatic heterocycles. The van der Waals surface area contributed by atoms with E-state index in [0.717, 1.165) is 12.1 Å². The number of amides is 1. The standard InChI is InChI=1S/C12H14ClFN2O3S/c13-9-5-4-7(14)6-11(9)20(18,19)16-10-3-1-2-8(10)12(15)17/h4-6,8,10,16H,1-3H2,(H2,15,17)/t8-,10-/m1/s1. The van der Waals surface area contributed by atoms with Crippen molar-refractivity contribution in [2.24, 2.45) is 11.7 Å². The van der Waals surface area contributed by atoms with Crippen molar-refractivity contribution in [1.29, 1.82) is 0 Å². The Morgan fingerprint density at radius 1 is 1.40 bits per heavy atom. The summed E-state index contributed by atoms with van der Waals surface area (Å²) in [6.07, 6.45) is 1.76. The van der Waals surface area contributed by atoms with E-state index in [-0.39, 0.29) is 9.92 Å². The maximum atomic E-state index is 13.2. The first kappa shape index (κ1) is 15.2. The van der Waals surface area contributed by atoms with E-state index in [4.69, 9.17) is 17.3 Å². The van der Waals surface area contributed by atoms with Crippen LogP contribution >= 0.6 is 11.6 Å². The number of hydrogen-bond acceptors (Lipinski definition) is 3. The molecule has 8 heteroatoms. The topological polar surface area (TPSA) is 89.3 Å². The molecule has 1 amide bonds. The fourth-order valence-corrected chi connectivity index (χ4v) is 4.21. The minimum absolute atomic E-state index is 0.0764. The third-order valence-corrected chi connectivity index (χ3v) is 5.34. The van der Waals surface area contributed by atoms with E-state index >= 15 is 0 Å². The molecule has 1 aliphatic carbocycles. The van der Waals surface area contributed by atoms with E-state index in [1.54, 1.807) is 0 Å². The van der Waals surface area contributed by atoms with Crippen molar-refractivity contribution in [3.05, 3.63) is 29.0 Å². The van der Waals surface area contributed by atoms with Gasteiger partial charge < -0.3 is 5.73 Å². The number of carbonyl (C=O) groups is 1. The first-order valence-electron chi connectivity index (χ1n) is 6.08. The van der Waals surface area contributed by atoms with Crippen LogP contribution in [-0.2, 0) is 14.8 Å². The van der Waals surface area contributed by atoms with Crippen LogP contribution in [0, 0.1) is 11.7 Å². The Morgan fingerprint density at radius 2 is 2.10 bits per heavy atom. The highest BCUT2D eigenvalue weighted by Crippen LogP contribution is 2.28. The minimum atomic E-state index is -3.99. The number of rotatable bonds is 4. The Kier molecular flexibility index (Phi) is 4.31. The Hall–Kier alpha value is -1.18. The smallest absolute Gasteiger partial charge is 0.242 e. The van der Waals surface area contributed by atoms with E-state index in [2.05, 4.69) is 4.72 Å². The summed E-state index contributed by atoms with van der Waals surface area (Å²) in [6.45, 7) is 0. The summed E-state index contributed by atoms with van der Waals surface area (Å²) in [5, 5.41) is -0.0764. The number of nitrogens with one attached hydrogen (secondary N) is 1. The third kappa shape index (κ3) is 3.11. The molecular formula is C12H14ClFN2O3S. The highest BCUT2D eigenvalue weighted by Gasteiger charge is 2.35. The van der Waals surface area contributed by atoms with Crippen molar-refractivity contribution in [2.45, 2.75) is 30.2 Å². The summed E-state index contributed by atoms with van der Waals surface area (Å²) in [4.78, 5) is 10.9. The zero-order valence-electron chi connectivity index (χ0n) is 10.5. The first-order valence-corrected chi connectivity index (χ1v) is 7.94. The Labute approximate surface area is 121 Å². The molecule has 5 nitrogen and oxygen atoms in total. The molecule has 0 unspecified atom stereocenters. The van der Waals surface area contributed by atoms with Crippen molar-refractivity contribution in [3.63, 3.8) is 0 Å². The van der Waals surface area contributed by atoms with Gasteiger partial charge in [0.2, 0.25) is 15.9 Å². The van der Waals surface area contributed by atoms with Crippen LogP contribution in [0.3, 0.4) is 0 Å². The van der Waals surface area contributed by atoms with E-state index in [0.29, 0.717) is 19.3 Å². The van der Waals surface area contributed by atoms with Gasteiger partial charge in [-0.3, -0.25) is 4.79 Å². The molecule has 2 atom stereocenters. The van der Waals surface area contributed by atoms with Gasteiger partial charge in [-0.2, -0.15) is 0 Å². The lowest BCUT2D eigenvalue weighted by atomic mass is 10.0. The quantitative estimate of drug-likeness (QED) is 0.879. The lowest BCUT2D eigenvalue weighted by Crippen LogP contribution is -2.42. The Balaban J connectivity index is 2.27. The van der Waals surface area contributed by atoms with Crippen LogP contribution in [0.1, 0.15) is 19.3 Å². The van der Waals surface area contributed by atoms with Gasteiger partial charge in [-0.05, 0) is 31.0 Å². The molecular weight excluding hydrogens is 307 g/mol. The van der Waals surface area contributed by atoms with Crippen LogP contribution in [0.25, 0.3) is 0 Å². The highest BCUT2D eigenvalue weighted by atomic mass is 35.5. The lowest BCUT2D eigenvalue weighted by Gasteiger charge is -2.18. The molecule has 0 aromatic heterocycles. The molecule has 1 saturated carbocycles. The molecule has 1 aliphatic rings. The maximum Gasteiger partial charge on any atom is 0.242 e. The minimum Gasteiger partial charge on any atom is -0.369 e. The average Bonchev–Trinajstić information content (AvgIpc) is 2.79. The van der Waals surface area contributed by atoms with Crippen molar-refractivity contribution < 1.29 is 17.6 Å². The SMILES string of the molecule is NC(=O)[C@@H]1CCC[C@H]1NS(=O)(=O)c1cc(F)ccc1Cl. The number of primary amides is 1. The van der Waals surface area contributed by atoms with Crippen LogP contribution in [0.4, 0.5) is 4.39 Å². The second-order valence-electron chi connectivity index (χ2n) is 4.74. The van der Waals surface area contributed by atoms with Gasteiger partial charge in [0.15, 0.2) is 0 Å². The van der Waals surface area contributed by atoms with Crippen molar-refractivity contribution in [3.8, 4) is 0 Å². The molecule has 2 rings (SSSR count). The first-order chi connectivity index (χ1) is 9.31. The van der Waals surface area contributed by atoms with Crippen LogP contribution < -0.4 is 10.5 Å². The van der Waals surface area contributed by atoms with E-state index < -0.39 is 33.7 Å². The van der Waals surface area contributed by atoms with Gasteiger partial charge in [0.05, 0.1) is 10.9 Å². The normalized spacial score (nSPS) is 22.9. The van der Waals surface area contributed by atoms with Gasteiger partial charge >= 0.3 is 0 Å². The molecule has 0 radical (unpaired) electrons. The van der Waals surface area contributed by atoms with Crippen molar-refractivity contribution >= 4 is 27.5 Å². The molecule has 20 heavy (non-hydrogen) atoms. The summed E-state index contributed by atoms with van der Waals surface area (Å²) in [6, 6.07) is 2.52. The number of halogens is 2. The zero-order chi connectivity index (χ0) is 14.9. The van der Waals surface area contributed by atoms with Gasteiger partial charge in [0, 0.05) is 6.04 Å². The van der Waals surface area contributed by atoms with Crippen molar-refractivity contribution in [1.82, 2.24) is 4.72 Å². The molecule has 0 heterocycles. The van der Waals surface area contributed by atoms with Gasteiger partial charge in [-0.15, -0.1) is 0 Å². The second kappa shape index (κ2) is 5.67. The van der Waals surface area contributed by atoms with Crippen molar-refractivity contribution in [2.75, 3.05) is 0 Å². The number of benzene rings is 1. The largest absolute Gasteiger partial charge is 0.369 e. The zero-order valence-corrected chi connectivity index (χ0v) is 12.0. The Bertz CT molecular complexity index is 636. The fraction of sp³-hybridized carbons (Fsp3) is 0.417. The number of nitrogens with two attached hydrogens (primary N) is 1. The second-order valence-corrected chi connectivity index (χ2v) is 6.83. The van der Waals surface area contributed by atoms with E-state index in [1.807, 2.05) is 0 Å². The van der Waals surface area contributed by atoms with Crippen LogP contribution in [0.5, 0.6) is 0 Å². The molecule has 0 saturated heterocycles. The number of sulfonamides is 1. The van der Waals surface area contributed by atoms with Gasteiger partial charge in [-0.25, -0.2) is 17.5 Å². The third-order valence-electron chi connectivity index (χ3n) is 3.37. The van der Waals surface area contributed by atoms with Crippen LogP contribution in [-0.4, -0.2) is 20.4 Å². The van der Waals surface area contributed by atoms with Crippen LogP contribution in [0.2, 0.25) is 5.02 Å². The molecule has 1 fully saturated rings. The molecule has 0 bridgehead atoms. The van der Waals surface area contributed by atoms with Crippen LogP contribution in [0.15, 0.2) is 23.1 Å². The van der Waals surface area contributed by atoms with Gasteiger partial charge in [-0.1, -0.05) is 18.0 Å². The molecule has 1 aromatic rings. The van der Waals surface area contributed by atoms with Gasteiger partial charge in [0.25, 0.3) is 0 Å². The molecule has 3 N–H and O–H groups in total. The summed E-state index contributed by atoms with van der Waals surface area (Å²) >= 11 is 5.79. The summed E-state index contributed by atoms with van der Waals surface area (Å²) < 4.78 is 40.0. The fourth-order valence-electron chi connectivity index (χ4n) is 2.39. The summed E-state index contributed by atoms with van der Waals surface area (Å²) in [5.74, 6) is -1.79. The predicted octanol–water partition coefficient (Wildman–Crippen LogP) is 1.41. The molecule has 0 spiro atoms. The average molecular weight is 321 g/mol. The van der Waals surface area contributed by atoms with Gasteiger partial charge in [0.1, 0.15) is 10.7 Å². The van der Waals surface area contributed by atoms with E-state index in [1.165, 1.54) is 6.07 Å². The maximum absolute atomic E-state index is 13.2. The predicted molar refractivity (Wildman–Crippen MR) is 72.1 cm³/mol. The van der Waals surface area contributed by atoms with E-state index in [9.17, 15) is 17.6 Å². The summed E-state index contributed by atoms with van der Waals surface area (Å²) in [7, 11) is -3.99. The molecule has 1 aromatic carbocycles. The summed E-state index contributed by atoms with van der Waals surface area (Å²) in [5.41, 5.74) is 5.24.